The fourth-order valence-electron chi connectivity index (χ4n) is 7.79. The number of thiophene rings is 1. The summed E-state index contributed by atoms with van der Waals surface area (Å²) in [4.78, 5) is 2.40. The van der Waals surface area contributed by atoms with E-state index < -0.39 is 0 Å². The molecule has 0 spiro atoms. The van der Waals surface area contributed by atoms with E-state index in [1.807, 2.05) is 11.3 Å². The van der Waals surface area contributed by atoms with Gasteiger partial charge in [-0.15, -0.1) is 11.3 Å². The molecule has 0 saturated heterocycles. The van der Waals surface area contributed by atoms with Crippen molar-refractivity contribution in [2.45, 2.75) is 0 Å². The lowest BCUT2D eigenvalue weighted by Gasteiger charge is -2.27. The van der Waals surface area contributed by atoms with Gasteiger partial charge < -0.3 is 4.90 Å². The van der Waals surface area contributed by atoms with Crippen LogP contribution in [0, 0.1) is 0 Å². The lowest BCUT2D eigenvalue weighted by molar-refractivity contribution is 1.28. The van der Waals surface area contributed by atoms with Crippen LogP contribution in [-0.4, -0.2) is 0 Å². The topological polar surface area (TPSA) is 3.24 Å². The third kappa shape index (κ3) is 5.24. The quantitative estimate of drug-likeness (QED) is 0.169. The molecule has 244 valence electrons. The highest BCUT2D eigenvalue weighted by Crippen LogP contribution is 2.43. The van der Waals surface area contributed by atoms with E-state index in [9.17, 15) is 0 Å². The van der Waals surface area contributed by atoms with E-state index in [0.29, 0.717) is 0 Å². The van der Waals surface area contributed by atoms with Gasteiger partial charge in [0.2, 0.25) is 0 Å². The molecule has 0 aliphatic carbocycles. The van der Waals surface area contributed by atoms with Crippen LogP contribution < -0.4 is 4.90 Å². The molecule has 0 radical (unpaired) electrons. The molecule has 1 aromatic heterocycles. The van der Waals surface area contributed by atoms with E-state index in [4.69, 9.17) is 0 Å². The van der Waals surface area contributed by atoms with Crippen LogP contribution in [0.2, 0.25) is 0 Å². The van der Waals surface area contributed by atoms with Crippen LogP contribution in [0.15, 0.2) is 200 Å². The van der Waals surface area contributed by atoms with Crippen molar-refractivity contribution < 1.29 is 0 Å². The zero-order valence-corrected chi connectivity index (χ0v) is 29.2. The molecule has 0 aliphatic rings. The van der Waals surface area contributed by atoms with E-state index >= 15 is 0 Å². The van der Waals surface area contributed by atoms with E-state index in [0.717, 1.165) is 17.1 Å². The first-order valence-electron chi connectivity index (χ1n) is 17.8. The Balaban J connectivity index is 1.12. The van der Waals surface area contributed by atoms with E-state index in [1.165, 1.54) is 75.1 Å². The molecule has 0 amide bonds. The Morgan fingerprint density at radius 3 is 1.42 bits per heavy atom. The Kier molecular flexibility index (Phi) is 7.41. The molecule has 10 aromatic rings. The molecule has 1 heterocycles. The molecule has 0 atom stereocenters. The highest BCUT2D eigenvalue weighted by atomic mass is 32.1. The van der Waals surface area contributed by atoms with Gasteiger partial charge in [0.15, 0.2) is 0 Å². The van der Waals surface area contributed by atoms with Crippen molar-refractivity contribution in [2.24, 2.45) is 0 Å². The van der Waals surface area contributed by atoms with Gasteiger partial charge >= 0.3 is 0 Å². The smallest absolute Gasteiger partial charge is 0.0467 e. The number of nitrogens with zero attached hydrogens (tertiary/aromatic N) is 1. The van der Waals surface area contributed by atoms with Gasteiger partial charge in [-0.2, -0.15) is 0 Å². The molecule has 10 rings (SSSR count). The predicted octanol–water partition coefficient (Wildman–Crippen LogP) is 14.8. The average Bonchev–Trinajstić information content (AvgIpc) is 3.60. The number of benzene rings is 9. The lowest BCUT2D eigenvalue weighted by atomic mass is 9.96. The molecule has 0 unspecified atom stereocenters. The summed E-state index contributed by atoms with van der Waals surface area (Å²) in [5, 5.41) is 7.64. The molecule has 1 nitrogen and oxygen atoms in total. The van der Waals surface area contributed by atoms with E-state index in [2.05, 4.69) is 205 Å². The minimum atomic E-state index is 1.11. The van der Waals surface area contributed by atoms with Crippen molar-refractivity contribution in [2.75, 3.05) is 4.90 Å². The van der Waals surface area contributed by atoms with Crippen molar-refractivity contribution in [3.63, 3.8) is 0 Å². The zero-order chi connectivity index (χ0) is 34.4. The van der Waals surface area contributed by atoms with Crippen molar-refractivity contribution >= 4 is 70.1 Å². The molecule has 0 saturated carbocycles. The standard InChI is InChI=1S/C50H33NS/c1-3-20-42-34(12-1)14-9-23-44(42)37-16-7-18-40(32-37)51(41-19-8-17-38(33-41)45-24-10-15-35-13-2-4-21-43(35)45)39-30-28-36(29-31-39)46-25-11-26-48-47-22-5-6-27-49(47)52-50(46)48/h1-33H. The second-order valence-corrected chi connectivity index (χ2v) is 14.4. The zero-order valence-electron chi connectivity index (χ0n) is 28.4. The lowest BCUT2D eigenvalue weighted by Crippen LogP contribution is -2.10. The molecular weight excluding hydrogens is 647 g/mol. The Morgan fingerprint density at radius 1 is 0.308 bits per heavy atom. The summed E-state index contributed by atoms with van der Waals surface area (Å²) >= 11 is 1.88. The summed E-state index contributed by atoms with van der Waals surface area (Å²) in [6, 6.07) is 72.9. The number of hydrogen-bond acceptors (Lipinski definition) is 2. The van der Waals surface area contributed by atoms with Crippen LogP contribution in [0.3, 0.4) is 0 Å². The summed E-state index contributed by atoms with van der Waals surface area (Å²) in [6.07, 6.45) is 0. The highest BCUT2D eigenvalue weighted by molar-refractivity contribution is 7.26. The molecule has 0 N–H and O–H groups in total. The van der Waals surface area contributed by atoms with Crippen LogP contribution >= 0.6 is 11.3 Å². The molecule has 2 heteroatoms. The van der Waals surface area contributed by atoms with Gasteiger partial charge in [-0.3, -0.25) is 0 Å². The highest BCUT2D eigenvalue weighted by Gasteiger charge is 2.17. The maximum atomic E-state index is 2.40. The van der Waals surface area contributed by atoms with Gasteiger partial charge in [-0.05, 0) is 97.4 Å². The third-order valence-corrected chi connectivity index (χ3v) is 11.5. The van der Waals surface area contributed by atoms with Gasteiger partial charge in [0.25, 0.3) is 0 Å². The monoisotopic (exact) mass is 679 g/mol. The fourth-order valence-corrected chi connectivity index (χ4v) is 9.03. The molecule has 0 fully saturated rings. The Morgan fingerprint density at radius 2 is 0.788 bits per heavy atom. The van der Waals surface area contributed by atoms with Gasteiger partial charge in [0.05, 0.1) is 0 Å². The van der Waals surface area contributed by atoms with Gasteiger partial charge in [0, 0.05) is 37.2 Å². The SMILES string of the molecule is c1cc(-c2cccc3ccccc23)cc(N(c2ccc(-c3cccc4c3sc3ccccc34)cc2)c2cccc(-c3cccc4ccccc34)c2)c1. The first-order chi connectivity index (χ1) is 25.8. The minimum Gasteiger partial charge on any atom is -0.310 e. The van der Waals surface area contributed by atoms with Gasteiger partial charge in [-0.1, -0.05) is 158 Å². The molecule has 0 aliphatic heterocycles. The summed E-state index contributed by atoms with van der Waals surface area (Å²) in [6.45, 7) is 0. The third-order valence-electron chi connectivity index (χ3n) is 10.3. The second kappa shape index (κ2) is 12.7. The summed E-state index contributed by atoms with van der Waals surface area (Å²) in [7, 11) is 0. The average molecular weight is 680 g/mol. The number of rotatable bonds is 6. The maximum absolute atomic E-state index is 2.40. The Hall–Kier alpha value is -6.48. The van der Waals surface area contributed by atoms with Crippen molar-refractivity contribution in [3.05, 3.63) is 200 Å². The predicted molar refractivity (Wildman–Crippen MR) is 225 cm³/mol. The van der Waals surface area contributed by atoms with Crippen LogP contribution in [0.25, 0.3) is 75.1 Å². The summed E-state index contributed by atoms with van der Waals surface area (Å²) in [5.41, 5.74) is 10.7. The minimum absolute atomic E-state index is 1.11. The van der Waals surface area contributed by atoms with Crippen LogP contribution in [0.4, 0.5) is 17.1 Å². The largest absolute Gasteiger partial charge is 0.310 e. The van der Waals surface area contributed by atoms with Gasteiger partial charge in [0.1, 0.15) is 0 Å². The molecular formula is C50H33NS. The van der Waals surface area contributed by atoms with Crippen LogP contribution in [-0.2, 0) is 0 Å². The maximum Gasteiger partial charge on any atom is 0.0467 e. The van der Waals surface area contributed by atoms with Crippen molar-refractivity contribution in [3.8, 4) is 33.4 Å². The van der Waals surface area contributed by atoms with E-state index in [-0.39, 0.29) is 0 Å². The Labute approximate surface area is 307 Å². The molecule has 0 bridgehead atoms. The number of anilines is 3. The van der Waals surface area contributed by atoms with Crippen LogP contribution in [0.1, 0.15) is 0 Å². The first-order valence-corrected chi connectivity index (χ1v) is 18.6. The molecule has 52 heavy (non-hydrogen) atoms. The fraction of sp³-hybridized carbons (Fsp3) is 0. The first kappa shape index (κ1) is 30.4. The molecule has 9 aromatic carbocycles. The summed E-state index contributed by atoms with van der Waals surface area (Å²) < 4.78 is 2.66. The Bertz CT molecular complexity index is 2780. The second-order valence-electron chi connectivity index (χ2n) is 13.3. The van der Waals surface area contributed by atoms with Crippen molar-refractivity contribution in [1.29, 1.82) is 0 Å². The van der Waals surface area contributed by atoms with Crippen LogP contribution in [0.5, 0.6) is 0 Å². The number of fused-ring (bicyclic) bond motifs is 5. The summed E-state index contributed by atoms with van der Waals surface area (Å²) in [5.74, 6) is 0. The van der Waals surface area contributed by atoms with E-state index in [1.54, 1.807) is 0 Å². The normalized spacial score (nSPS) is 11.5. The van der Waals surface area contributed by atoms with Crippen molar-refractivity contribution in [1.82, 2.24) is 0 Å². The number of hydrogen-bond donors (Lipinski definition) is 0. The van der Waals surface area contributed by atoms with Gasteiger partial charge in [-0.25, -0.2) is 0 Å².